The van der Waals surface area contributed by atoms with Gasteiger partial charge in [-0.25, -0.2) is 9.18 Å². The van der Waals surface area contributed by atoms with Crippen LogP contribution >= 0.6 is 11.6 Å². The second-order valence-electron chi connectivity index (χ2n) is 8.65. The maximum absolute atomic E-state index is 13.4. The number of nitrogens with zero attached hydrogens (tertiary/aromatic N) is 5. The standard InChI is InChI=1S/C27H22ClFN6O/c1-17-16-34(12-13-35(17)27(36)31-20-10-11-24(29)23(28)14-20)26-22-5-3-2-4-21(22)25(32-33-26)19-8-6-18(15-30)7-9-19/h2-11,14,17H,12-13,16H2,1H3,(H,31,36). The molecule has 1 unspecified atom stereocenters. The van der Waals surface area contributed by atoms with E-state index in [1.165, 1.54) is 18.2 Å². The van der Waals surface area contributed by atoms with Gasteiger partial charge in [0, 0.05) is 47.7 Å². The van der Waals surface area contributed by atoms with Crippen molar-refractivity contribution in [3.8, 4) is 17.3 Å². The largest absolute Gasteiger partial charge is 0.351 e. The molecule has 0 radical (unpaired) electrons. The van der Waals surface area contributed by atoms with E-state index in [1.807, 2.05) is 43.3 Å². The van der Waals surface area contributed by atoms with E-state index in [9.17, 15) is 9.18 Å². The molecule has 1 atom stereocenters. The second-order valence-corrected chi connectivity index (χ2v) is 9.06. The highest BCUT2D eigenvalue weighted by Crippen LogP contribution is 2.32. The second kappa shape index (κ2) is 9.80. The minimum Gasteiger partial charge on any atom is -0.351 e. The number of piperazine rings is 1. The summed E-state index contributed by atoms with van der Waals surface area (Å²) in [7, 11) is 0. The molecule has 36 heavy (non-hydrogen) atoms. The fourth-order valence-electron chi connectivity index (χ4n) is 4.46. The third-order valence-corrected chi connectivity index (χ3v) is 6.60. The van der Waals surface area contributed by atoms with E-state index >= 15 is 0 Å². The molecule has 0 spiro atoms. The Labute approximate surface area is 212 Å². The lowest BCUT2D eigenvalue weighted by molar-refractivity contribution is 0.184. The van der Waals surface area contributed by atoms with E-state index in [1.54, 1.807) is 17.0 Å². The lowest BCUT2D eigenvalue weighted by Gasteiger charge is -2.40. The minimum atomic E-state index is -0.532. The SMILES string of the molecule is CC1CN(c2nnc(-c3ccc(C#N)cc3)c3ccccc23)CCN1C(=O)Nc1ccc(F)c(Cl)c1. The van der Waals surface area contributed by atoms with Gasteiger partial charge in [0.1, 0.15) is 11.5 Å². The van der Waals surface area contributed by atoms with Crippen LogP contribution in [0.4, 0.5) is 20.7 Å². The van der Waals surface area contributed by atoms with Crippen molar-refractivity contribution < 1.29 is 9.18 Å². The van der Waals surface area contributed by atoms with Crippen LogP contribution < -0.4 is 10.2 Å². The topological polar surface area (TPSA) is 85.2 Å². The van der Waals surface area contributed by atoms with Gasteiger partial charge in [0.2, 0.25) is 0 Å². The third-order valence-electron chi connectivity index (χ3n) is 6.31. The summed E-state index contributed by atoms with van der Waals surface area (Å²) < 4.78 is 13.4. The lowest BCUT2D eigenvalue weighted by Crippen LogP contribution is -2.55. The summed E-state index contributed by atoms with van der Waals surface area (Å²) in [4.78, 5) is 16.8. The van der Waals surface area contributed by atoms with E-state index in [4.69, 9.17) is 16.9 Å². The molecule has 3 aromatic carbocycles. The molecule has 2 heterocycles. The van der Waals surface area contributed by atoms with E-state index in [0.717, 1.165) is 27.8 Å². The molecule has 7 nitrogen and oxygen atoms in total. The third kappa shape index (κ3) is 4.53. The molecule has 1 aliphatic rings. The van der Waals surface area contributed by atoms with Gasteiger partial charge in [-0.05, 0) is 37.3 Å². The van der Waals surface area contributed by atoms with Gasteiger partial charge < -0.3 is 15.1 Å². The Kier molecular flexibility index (Phi) is 6.40. The number of urea groups is 1. The van der Waals surface area contributed by atoms with Crippen molar-refractivity contribution in [2.24, 2.45) is 0 Å². The van der Waals surface area contributed by atoms with Crippen LogP contribution in [0.5, 0.6) is 0 Å². The van der Waals surface area contributed by atoms with Crippen LogP contribution in [0.3, 0.4) is 0 Å². The van der Waals surface area contributed by atoms with Gasteiger partial charge in [0.15, 0.2) is 5.82 Å². The molecule has 4 aromatic rings. The van der Waals surface area contributed by atoms with Crippen LogP contribution in [-0.4, -0.2) is 46.8 Å². The van der Waals surface area contributed by atoms with Crippen molar-refractivity contribution in [3.05, 3.63) is 83.1 Å². The summed E-state index contributed by atoms with van der Waals surface area (Å²) in [6.07, 6.45) is 0. The van der Waals surface area contributed by atoms with Gasteiger partial charge in [-0.1, -0.05) is 48.0 Å². The smallest absolute Gasteiger partial charge is 0.322 e. The summed E-state index contributed by atoms with van der Waals surface area (Å²) >= 11 is 5.84. The molecule has 1 fully saturated rings. The fourth-order valence-corrected chi connectivity index (χ4v) is 4.64. The number of fused-ring (bicyclic) bond motifs is 1. The maximum Gasteiger partial charge on any atom is 0.322 e. The number of hydrogen-bond acceptors (Lipinski definition) is 5. The van der Waals surface area contributed by atoms with Crippen molar-refractivity contribution in [2.45, 2.75) is 13.0 Å². The molecule has 180 valence electrons. The van der Waals surface area contributed by atoms with Crippen LogP contribution in [0.2, 0.25) is 5.02 Å². The Morgan fingerprint density at radius 2 is 1.83 bits per heavy atom. The highest BCUT2D eigenvalue weighted by atomic mass is 35.5. The molecular weight excluding hydrogens is 479 g/mol. The number of nitriles is 1. The van der Waals surface area contributed by atoms with Crippen LogP contribution in [0.1, 0.15) is 12.5 Å². The van der Waals surface area contributed by atoms with Gasteiger partial charge in [0.25, 0.3) is 0 Å². The highest BCUT2D eigenvalue weighted by Gasteiger charge is 2.29. The van der Waals surface area contributed by atoms with Crippen molar-refractivity contribution >= 4 is 39.9 Å². The van der Waals surface area contributed by atoms with E-state index < -0.39 is 5.82 Å². The fraction of sp³-hybridized carbons (Fsp3) is 0.185. The monoisotopic (exact) mass is 500 g/mol. The first-order valence-electron chi connectivity index (χ1n) is 11.5. The van der Waals surface area contributed by atoms with Gasteiger partial charge in [0.05, 0.1) is 16.7 Å². The number of hydrogen-bond donors (Lipinski definition) is 1. The number of amides is 2. The van der Waals surface area contributed by atoms with E-state index in [-0.39, 0.29) is 17.1 Å². The quantitative estimate of drug-likeness (QED) is 0.390. The highest BCUT2D eigenvalue weighted by molar-refractivity contribution is 6.31. The number of anilines is 2. The first-order valence-corrected chi connectivity index (χ1v) is 11.9. The molecule has 1 aliphatic heterocycles. The Morgan fingerprint density at radius 3 is 2.53 bits per heavy atom. The van der Waals surface area contributed by atoms with Crippen LogP contribution in [0, 0.1) is 17.1 Å². The Bertz CT molecular complexity index is 1490. The van der Waals surface area contributed by atoms with E-state index in [2.05, 4.69) is 26.5 Å². The Balaban J connectivity index is 1.36. The molecule has 2 amide bonds. The zero-order valence-electron chi connectivity index (χ0n) is 19.4. The predicted octanol–water partition coefficient (Wildman–Crippen LogP) is 5.70. The molecule has 1 N–H and O–H groups in total. The molecule has 9 heteroatoms. The number of nitrogens with one attached hydrogen (secondary N) is 1. The number of carbonyl (C=O) groups excluding carboxylic acids is 1. The first-order chi connectivity index (χ1) is 17.4. The summed E-state index contributed by atoms with van der Waals surface area (Å²) in [5.74, 6) is 0.232. The van der Waals surface area contributed by atoms with Gasteiger partial charge in [-0.3, -0.25) is 0 Å². The van der Waals surface area contributed by atoms with Crippen LogP contribution in [-0.2, 0) is 0 Å². The zero-order chi connectivity index (χ0) is 25.2. The van der Waals surface area contributed by atoms with Crippen LogP contribution in [0.15, 0.2) is 66.7 Å². The lowest BCUT2D eigenvalue weighted by atomic mass is 10.0. The summed E-state index contributed by atoms with van der Waals surface area (Å²) in [6.45, 7) is 3.61. The van der Waals surface area contributed by atoms with Gasteiger partial charge in [-0.2, -0.15) is 5.26 Å². The number of carbonyl (C=O) groups is 1. The average molecular weight is 501 g/mol. The predicted molar refractivity (Wildman–Crippen MR) is 138 cm³/mol. The number of rotatable bonds is 3. The van der Waals surface area contributed by atoms with Crippen molar-refractivity contribution in [2.75, 3.05) is 29.9 Å². The molecule has 1 saturated heterocycles. The Hall–Kier alpha value is -4.22. The maximum atomic E-state index is 13.4. The molecule has 1 aromatic heterocycles. The molecule has 5 rings (SSSR count). The number of aromatic nitrogens is 2. The summed E-state index contributed by atoms with van der Waals surface area (Å²) in [5, 5.41) is 22.9. The molecular formula is C27H22ClFN6O. The average Bonchev–Trinajstić information content (AvgIpc) is 2.90. The number of benzene rings is 3. The van der Waals surface area contributed by atoms with Crippen molar-refractivity contribution in [1.29, 1.82) is 5.26 Å². The van der Waals surface area contributed by atoms with E-state index in [0.29, 0.717) is 30.9 Å². The summed E-state index contributed by atoms with van der Waals surface area (Å²) in [6, 6.07) is 21.1. The van der Waals surface area contributed by atoms with Gasteiger partial charge in [-0.15, -0.1) is 10.2 Å². The Morgan fingerprint density at radius 1 is 1.08 bits per heavy atom. The minimum absolute atomic E-state index is 0.0411. The first kappa shape index (κ1) is 23.5. The normalized spacial score (nSPS) is 15.6. The van der Waals surface area contributed by atoms with Crippen molar-refractivity contribution in [3.63, 3.8) is 0 Å². The van der Waals surface area contributed by atoms with Crippen LogP contribution in [0.25, 0.3) is 22.0 Å². The zero-order valence-corrected chi connectivity index (χ0v) is 20.2. The molecule has 0 bridgehead atoms. The van der Waals surface area contributed by atoms with Crippen molar-refractivity contribution in [1.82, 2.24) is 15.1 Å². The molecule has 0 aliphatic carbocycles. The number of halogens is 2. The molecule has 0 saturated carbocycles. The summed E-state index contributed by atoms with van der Waals surface area (Å²) in [5.41, 5.74) is 2.67. The van der Waals surface area contributed by atoms with Gasteiger partial charge >= 0.3 is 6.03 Å².